The molecule has 1 N–H and O–H groups in total. The van der Waals surface area contributed by atoms with Gasteiger partial charge in [0.1, 0.15) is 0 Å². The van der Waals surface area contributed by atoms with Crippen molar-refractivity contribution in [1.29, 1.82) is 0 Å². The summed E-state index contributed by atoms with van der Waals surface area (Å²) in [4.78, 5) is 17.3. The third-order valence-electron chi connectivity index (χ3n) is 4.10. The van der Waals surface area contributed by atoms with Crippen molar-refractivity contribution in [1.82, 2.24) is 10.1 Å². The van der Waals surface area contributed by atoms with Gasteiger partial charge in [-0.2, -0.15) is 0 Å². The number of amides is 1. The molecule has 124 valence electrons. The Bertz CT molecular complexity index is 926. The van der Waals surface area contributed by atoms with Crippen LogP contribution in [-0.4, -0.2) is 16.0 Å². The second-order valence-electron chi connectivity index (χ2n) is 6.47. The topological polar surface area (TPSA) is 68.0 Å². The zero-order valence-corrected chi connectivity index (χ0v) is 14.6. The van der Waals surface area contributed by atoms with Crippen molar-refractivity contribution in [2.75, 3.05) is 5.32 Å². The number of pyridine rings is 1. The van der Waals surface area contributed by atoms with Crippen molar-refractivity contribution in [3.05, 3.63) is 52.3 Å². The third-order valence-corrected chi connectivity index (χ3v) is 4.10. The van der Waals surface area contributed by atoms with Crippen LogP contribution < -0.4 is 5.32 Å². The van der Waals surface area contributed by atoms with Gasteiger partial charge in [-0.25, -0.2) is 4.98 Å². The van der Waals surface area contributed by atoms with Crippen molar-refractivity contribution in [3.8, 4) is 0 Å². The number of carbonyl (C=O) groups is 1. The lowest BCUT2D eigenvalue weighted by molar-refractivity contribution is 0.102. The first-order chi connectivity index (χ1) is 11.4. The van der Waals surface area contributed by atoms with Crippen LogP contribution in [0.4, 0.5) is 5.69 Å². The molecule has 1 aromatic carbocycles. The standard InChI is InChI=1S/C19H21N3O2/c1-10(2)16-9-14(17-13(5)22-24-19(17)21-16)18(23)20-15-7-6-11(3)8-12(15)4/h6-10H,1-5H3,(H,20,23). The van der Waals surface area contributed by atoms with Gasteiger partial charge in [0.25, 0.3) is 11.6 Å². The minimum Gasteiger partial charge on any atom is -0.336 e. The average molecular weight is 323 g/mol. The highest BCUT2D eigenvalue weighted by molar-refractivity contribution is 6.12. The monoisotopic (exact) mass is 323 g/mol. The maximum atomic E-state index is 12.9. The first-order valence-electron chi connectivity index (χ1n) is 8.02. The van der Waals surface area contributed by atoms with E-state index in [1.807, 2.05) is 58.9 Å². The molecule has 24 heavy (non-hydrogen) atoms. The molecular weight excluding hydrogens is 302 g/mol. The number of hydrogen-bond donors (Lipinski definition) is 1. The fourth-order valence-corrected chi connectivity index (χ4v) is 2.73. The lowest BCUT2D eigenvalue weighted by Gasteiger charge is -2.11. The van der Waals surface area contributed by atoms with E-state index in [1.165, 1.54) is 0 Å². The van der Waals surface area contributed by atoms with Crippen LogP contribution in [0.2, 0.25) is 0 Å². The van der Waals surface area contributed by atoms with E-state index in [1.54, 1.807) is 0 Å². The number of aromatic nitrogens is 2. The molecule has 0 radical (unpaired) electrons. The summed E-state index contributed by atoms with van der Waals surface area (Å²) in [5.74, 6) is 0.00928. The fourth-order valence-electron chi connectivity index (χ4n) is 2.73. The number of rotatable bonds is 3. The molecule has 3 rings (SSSR count). The van der Waals surface area contributed by atoms with E-state index in [0.29, 0.717) is 22.4 Å². The molecule has 2 heterocycles. The quantitative estimate of drug-likeness (QED) is 0.769. The second-order valence-corrected chi connectivity index (χ2v) is 6.47. The largest absolute Gasteiger partial charge is 0.336 e. The molecule has 0 atom stereocenters. The molecular formula is C19H21N3O2. The minimum atomic E-state index is -0.178. The lowest BCUT2D eigenvalue weighted by atomic mass is 10.0. The van der Waals surface area contributed by atoms with Crippen molar-refractivity contribution < 1.29 is 9.32 Å². The first kappa shape index (κ1) is 16.2. The number of hydrogen-bond acceptors (Lipinski definition) is 4. The van der Waals surface area contributed by atoms with E-state index in [9.17, 15) is 4.79 Å². The highest BCUT2D eigenvalue weighted by Gasteiger charge is 2.20. The number of nitrogens with zero attached hydrogens (tertiary/aromatic N) is 2. The highest BCUT2D eigenvalue weighted by Crippen LogP contribution is 2.26. The summed E-state index contributed by atoms with van der Waals surface area (Å²) in [5, 5.41) is 7.62. The first-order valence-corrected chi connectivity index (χ1v) is 8.02. The summed E-state index contributed by atoms with van der Waals surface area (Å²) in [6.45, 7) is 9.89. The predicted octanol–water partition coefficient (Wildman–Crippen LogP) is 4.52. The van der Waals surface area contributed by atoms with Gasteiger partial charge in [0.15, 0.2) is 0 Å². The molecule has 5 nitrogen and oxygen atoms in total. The zero-order valence-electron chi connectivity index (χ0n) is 14.6. The molecule has 0 aliphatic heterocycles. The van der Waals surface area contributed by atoms with Gasteiger partial charge in [0.05, 0.1) is 16.6 Å². The Morgan fingerprint density at radius 3 is 2.58 bits per heavy atom. The maximum absolute atomic E-state index is 12.9. The summed E-state index contributed by atoms with van der Waals surface area (Å²) in [6.07, 6.45) is 0. The van der Waals surface area contributed by atoms with Crippen LogP contribution in [0.3, 0.4) is 0 Å². The lowest BCUT2D eigenvalue weighted by Crippen LogP contribution is -2.14. The van der Waals surface area contributed by atoms with Gasteiger partial charge in [-0.15, -0.1) is 0 Å². The van der Waals surface area contributed by atoms with E-state index in [-0.39, 0.29) is 11.8 Å². The van der Waals surface area contributed by atoms with Crippen LogP contribution in [-0.2, 0) is 0 Å². The molecule has 0 saturated carbocycles. The molecule has 5 heteroatoms. The summed E-state index contributed by atoms with van der Waals surface area (Å²) < 4.78 is 5.28. The van der Waals surface area contributed by atoms with E-state index < -0.39 is 0 Å². The highest BCUT2D eigenvalue weighted by atomic mass is 16.5. The minimum absolute atomic E-state index is 0.178. The third kappa shape index (κ3) is 2.89. The van der Waals surface area contributed by atoms with Crippen LogP contribution in [0, 0.1) is 20.8 Å². The van der Waals surface area contributed by atoms with E-state index in [4.69, 9.17) is 4.52 Å². The number of benzene rings is 1. The van der Waals surface area contributed by atoms with Crippen LogP contribution in [0.5, 0.6) is 0 Å². The van der Waals surface area contributed by atoms with Crippen LogP contribution in [0.1, 0.15) is 52.6 Å². The normalized spacial score (nSPS) is 11.2. The Morgan fingerprint density at radius 2 is 1.92 bits per heavy atom. The molecule has 0 aliphatic rings. The molecule has 0 aliphatic carbocycles. The molecule has 3 aromatic rings. The van der Waals surface area contributed by atoms with Gasteiger partial charge in [-0.1, -0.05) is 36.7 Å². The van der Waals surface area contributed by atoms with Crippen molar-refractivity contribution >= 4 is 22.7 Å². The van der Waals surface area contributed by atoms with Crippen LogP contribution in [0.25, 0.3) is 11.1 Å². The molecule has 0 saturated heterocycles. The Balaban J connectivity index is 2.06. The van der Waals surface area contributed by atoms with Crippen molar-refractivity contribution in [3.63, 3.8) is 0 Å². The average Bonchev–Trinajstić information content (AvgIpc) is 2.90. The zero-order chi connectivity index (χ0) is 17.4. The van der Waals surface area contributed by atoms with Gasteiger partial charge in [-0.3, -0.25) is 4.79 Å². The summed E-state index contributed by atoms with van der Waals surface area (Å²) >= 11 is 0. The van der Waals surface area contributed by atoms with Gasteiger partial charge in [-0.05, 0) is 44.4 Å². The molecule has 0 spiro atoms. The number of aryl methyl sites for hydroxylation is 3. The Morgan fingerprint density at radius 1 is 1.17 bits per heavy atom. The summed E-state index contributed by atoms with van der Waals surface area (Å²) in [7, 11) is 0. The second kappa shape index (κ2) is 6.07. The summed E-state index contributed by atoms with van der Waals surface area (Å²) in [5.41, 5.74) is 5.42. The van der Waals surface area contributed by atoms with E-state index >= 15 is 0 Å². The Kier molecular flexibility index (Phi) is 4.09. The molecule has 2 aromatic heterocycles. The number of carbonyl (C=O) groups excluding carboxylic acids is 1. The maximum Gasteiger partial charge on any atom is 0.259 e. The van der Waals surface area contributed by atoms with Crippen molar-refractivity contribution in [2.24, 2.45) is 0 Å². The van der Waals surface area contributed by atoms with E-state index in [0.717, 1.165) is 22.5 Å². The smallest absolute Gasteiger partial charge is 0.259 e. The number of fused-ring (bicyclic) bond motifs is 1. The predicted molar refractivity (Wildman–Crippen MR) is 94.5 cm³/mol. The Hall–Kier alpha value is -2.69. The van der Waals surface area contributed by atoms with Gasteiger partial charge in [0, 0.05) is 11.4 Å². The van der Waals surface area contributed by atoms with Crippen LogP contribution in [0.15, 0.2) is 28.8 Å². The molecule has 0 bridgehead atoms. The van der Waals surface area contributed by atoms with Gasteiger partial charge < -0.3 is 9.84 Å². The number of nitrogens with one attached hydrogen (secondary N) is 1. The fraction of sp³-hybridized carbons (Fsp3) is 0.316. The Labute approximate surface area is 141 Å². The number of anilines is 1. The van der Waals surface area contributed by atoms with Gasteiger partial charge >= 0.3 is 0 Å². The SMILES string of the molecule is Cc1ccc(NC(=O)c2cc(C(C)C)nc3onc(C)c23)c(C)c1. The van der Waals surface area contributed by atoms with Crippen LogP contribution >= 0.6 is 0 Å². The van der Waals surface area contributed by atoms with E-state index in [2.05, 4.69) is 15.5 Å². The molecule has 0 fully saturated rings. The van der Waals surface area contributed by atoms with Crippen molar-refractivity contribution in [2.45, 2.75) is 40.5 Å². The molecule has 1 amide bonds. The molecule has 0 unspecified atom stereocenters. The summed E-state index contributed by atoms with van der Waals surface area (Å²) in [6, 6.07) is 7.78. The van der Waals surface area contributed by atoms with Gasteiger partial charge in [0.2, 0.25) is 0 Å².